The fourth-order valence-corrected chi connectivity index (χ4v) is 4.09. The van der Waals surface area contributed by atoms with Crippen molar-refractivity contribution in [3.05, 3.63) is 23.8 Å². The maximum Gasteiger partial charge on any atom is 0.221 e. The lowest BCUT2D eigenvalue weighted by Gasteiger charge is -2.48. The molecule has 1 aromatic carbocycles. The van der Waals surface area contributed by atoms with Crippen LogP contribution in [0.4, 0.5) is 5.69 Å². The molecule has 1 aromatic rings. The van der Waals surface area contributed by atoms with Gasteiger partial charge in [-0.2, -0.15) is 0 Å². The Hall–Kier alpha value is -1.55. The van der Waals surface area contributed by atoms with Crippen LogP contribution in [-0.4, -0.2) is 19.1 Å². The van der Waals surface area contributed by atoms with Crippen LogP contribution in [0.2, 0.25) is 0 Å². The van der Waals surface area contributed by atoms with E-state index in [4.69, 9.17) is 4.74 Å². The molecular weight excluding hydrogens is 276 g/mol. The summed E-state index contributed by atoms with van der Waals surface area (Å²) in [6, 6.07) is 6.67. The van der Waals surface area contributed by atoms with Crippen molar-refractivity contribution in [2.45, 2.75) is 58.0 Å². The van der Waals surface area contributed by atoms with E-state index in [2.05, 4.69) is 16.7 Å². The SMILES string of the molecule is COc1ccc(CNC2CCC23CCCC3)cc1NC(C)=O. The average molecular weight is 302 g/mol. The maximum absolute atomic E-state index is 11.3. The summed E-state index contributed by atoms with van der Waals surface area (Å²) in [4.78, 5) is 11.3. The molecule has 120 valence electrons. The van der Waals surface area contributed by atoms with Gasteiger partial charge >= 0.3 is 0 Å². The molecule has 2 saturated carbocycles. The minimum Gasteiger partial charge on any atom is -0.495 e. The molecule has 2 aliphatic carbocycles. The Morgan fingerprint density at radius 3 is 2.68 bits per heavy atom. The highest BCUT2D eigenvalue weighted by Crippen LogP contribution is 2.53. The molecule has 3 rings (SSSR count). The summed E-state index contributed by atoms with van der Waals surface area (Å²) in [5, 5.41) is 6.57. The lowest BCUT2D eigenvalue weighted by atomic mass is 9.63. The van der Waals surface area contributed by atoms with Crippen LogP contribution in [0.3, 0.4) is 0 Å². The normalized spacial score (nSPS) is 22.4. The van der Waals surface area contributed by atoms with Gasteiger partial charge in [0.1, 0.15) is 5.75 Å². The Morgan fingerprint density at radius 1 is 1.32 bits per heavy atom. The number of carbonyl (C=O) groups is 1. The molecule has 0 aliphatic heterocycles. The zero-order valence-corrected chi connectivity index (χ0v) is 13.6. The van der Waals surface area contributed by atoms with E-state index in [1.54, 1.807) is 7.11 Å². The lowest BCUT2D eigenvalue weighted by molar-refractivity contribution is -0.114. The van der Waals surface area contributed by atoms with E-state index in [-0.39, 0.29) is 5.91 Å². The van der Waals surface area contributed by atoms with E-state index in [1.165, 1.54) is 51.0 Å². The second kappa shape index (κ2) is 6.29. The standard InChI is InChI=1S/C18H26N2O2/c1-13(21)20-15-11-14(5-6-16(15)22-2)12-19-17-7-10-18(17)8-3-4-9-18/h5-6,11,17,19H,3-4,7-10,12H2,1-2H3,(H,20,21). The maximum atomic E-state index is 11.3. The highest BCUT2D eigenvalue weighted by atomic mass is 16.5. The van der Waals surface area contributed by atoms with E-state index >= 15 is 0 Å². The molecule has 2 aliphatic rings. The topological polar surface area (TPSA) is 50.4 Å². The molecule has 0 radical (unpaired) electrons. The van der Waals surface area contributed by atoms with Crippen LogP contribution >= 0.6 is 0 Å². The molecule has 1 unspecified atom stereocenters. The number of benzene rings is 1. The van der Waals surface area contributed by atoms with Crippen LogP contribution in [0.5, 0.6) is 5.75 Å². The first-order valence-electron chi connectivity index (χ1n) is 8.31. The molecule has 22 heavy (non-hydrogen) atoms. The van der Waals surface area contributed by atoms with Gasteiger partial charge in [-0.1, -0.05) is 18.9 Å². The third kappa shape index (κ3) is 2.98. The summed E-state index contributed by atoms with van der Waals surface area (Å²) in [6.07, 6.45) is 8.27. The third-order valence-electron chi connectivity index (χ3n) is 5.40. The zero-order valence-electron chi connectivity index (χ0n) is 13.6. The number of amides is 1. The predicted octanol–water partition coefficient (Wildman–Crippen LogP) is 3.47. The van der Waals surface area contributed by atoms with E-state index < -0.39 is 0 Å². The van der Waals surface area contributed by atoms with Gasteiger partial charge in [-0.25, -0.2) is 0 Å². The third-order valence-corrected chi connectivity index (χ3v) is 5.40. The summed E-state index contributed by atoms with van der Waals surface area (Å²) >= 11 is 0. The fraction of sp³-hybridized carbons (Fsp3) is 0.611. The molecule has 1 spiro atoms. The van der Waals surface area contributed by atoms with Crippen molar-refractivity contribution in [2.75, 3.05) is 12.4 Å². The number of carbonyl (C=O) groups excluding carboxylic acids is 1. The largest absolute Gasteiger partial charge is 0.495 e. The molecule has 1 atom stereocenters. The number of ether oxygens (including phenoxy) is 1. The van der Waals surface area contributed by atoms with E-state index in [1.807, 2.05) is 12.1 Å². The highest BCUT2D eigenvalue weighted by Gasteiger charge is 2.47. The second-order valence-corrected chi connectivity index (χ2v) is 6.76. The summed E-state index contributed by atoms with van der Waals surface area (Å²) in [5.74, 6) is 0.627. The Labute approximate surface area is 132 Å². The van der Waals surface area contributed by atoms with Crippen LogP contribution in [0.25, 0.3) is 0 Å². The van der Waals surface area contributed by atoms with Crippen LogP contribution in [0, 0.1) is 5.41 Å². The molecule has 4 nitrogen and oxygen atoms in total. The summed E-state index contributed by atoms with van der Waals surface area (Å²) in [5.41, 5.74) is 2.52. The summed E-state index contributed by atoms with van der Waals surface area (Å²) < 4.78 is 5.30. The van der Waals surface area contributed by atoms with Crippen molar-refractivity contribution in [3.8, 4) is 5.75 Å². The van der Waals surface area contributed by atoms with E-state index in [0.717, 1.165) is 12.2 Å². The quantitative estimate of drug-likeness (QED) is 0.875. The first-order valence-corrected chi connectivity index (χ1v) is 8.31. The Morgan fingerprint density at radius 2 is 2.09 bits per heavy atom. The molecule has 4 heteroatoms. The van der Waals surface area contributed by atoms with Gasteiger partial charge in [0, 0.05) is 19.5 Å². The highest BCUT2D eigenvalue weighted by molar-refractivity contribution is 5.90. The second-order valence-electron chi connectivity index (χ2n) is 6.76. The van der Waals surface area contributed by atoms with Crippen LogP contribution in [0.1, 0.15) is 51.0 Å². The number of hydrogen-bond acceptors (Lipinski definition) is 3. The number of rotatable bonds is 5. The van der Waals surface area contributed by atoms with Gasteiger partial charge in [-0.05, 0) is 48.8 Å². The van der Waals surface area contributed by atoms with Crippen LogP contribution < -0.4 is 15.4 Å². The minimum absolute atomic E-state index is 0.0766. The summed E-state index contributed by atoms with van der Waals surface area (Å²) in [7, 11) is 1.62. The van der Waals surface area contributed by atoms with Gasteiger partial charge in [0.25, 0.3) is 0 Å². The Balaban J connectivity index is 1.64. The van der Waals surface area contributed by atoms with E-state index in [0.29, 0.717) is 17.2 Å². The van der Waals surface area contributed by atoms with Crippen molar-refractivity contribution in [3.63, 3.8) is 0 Å². The smallest absolute Gasteiger partial charge is 0.221 e. The number of nitrogens with one attached hydrogen (secondary N) is 2. The molecule has 0 heterocycles. The first-order chi connectivity index (χ1) is 10.6. The van der Waals surface area contributed by atoms with Crippen molar-refractivity contribution in [1.82, 2.24) is 5.32 Å². The monoisotopic (exact) mass is 302 g/mol. The Kier molecular flexibility index (Phi) is 4.39. The lowest BCUT2D eigenvalue weighted by Crippen LogP contribution is -2.51. The minimum atomic E-state index is -0.0766. The molecule has 0 aromatic heterocycles. The number of hydrogen-bond donors (Lipinski definition) is 2. The van der Waals surface area contributed by atoms with Gasteiger partial charge < -0.3 is 15.4 Å². The van der Waals surface area contributed by atoms with Crippen molar-refractivity contribution in [2.24, 2.45) is 5.41 Å². The van der Waals surface area contributed by atoms with Crippen LogP contribution in [0.15, 0.2) is 18.2 Å². The molecule has 2 N–H and O–H groups in total. The van der Waals surface area contributed by atoms with Gasteiger partial charge in [0.2, 0.25) is 5.91 Å². The average Bonchev–Trinajstić information content (AvgIpc) is 2.98. The van der Waals surface area contributed by atoms with Gasteiger partial charge in [-0.3, -0.25) is 4.79 Å². The van der Waals surface area contributed by atoms with Crippen molar-refractivity contribution in [1.29, 1.82) is 0 Å². The molecule has 0 bridgehead atoms. The Bertz CT molecular complexity index is 550. The van der Waals surface area contributed by atoms with Crippen molar-refractivity contribution >= 4 is 11.6 Å². The van der Waals surface area contributed by atoms with E-state index in [9.17, 15) is 4.79 Å². The predicted molar refractivity (Wildman–Crippen MR) is 88.1 cm³/mol. The zero-order chi connectivity index (χ0) is 15.6. The molecule has 2 fully saturated rings. The molecule has 1 amide bonds. The molecular formula is C18H26N2O2. The van der Waals surface area contributed by atoms with Gasteiger partial charge in [-0.15, -0.1) is 0 Å². The number of anilines is 1. The van der Waals surface area contributed by atoms with Gasteiger partial charge in [0.05, 0.1) is 12.8 Å². The van der Waals surface area contributed by atoms with Gasteiger partial charge in [0.15, 0.2) is 0 Å². The fourth-order valence-electron chi connectivity index (χ4n) is 4.09. The van der Waals surface area contributed by atoms with Crippen molar-refractivity contribution < 1.29 is 9.53 Å². The van der Waals surface area contributed by atoms with Crippen LogP contribution in [-0.2, 0) is 11.3 Å². The first kappa shape index (κ1) is 15.3. The molecule has 0 saturated heterocycles. The summed E-state index contributed by atoms with van der Waals surface area (Å²) in [6.45, 7) is 2.37. The number of methoxy groups -OCH3 is 1.